The number of hydrogen-bond acceptors (Lipinski definition) is 6. The van der Waals surface area contributed by atoms with Crippen LogP contribution in [-0.4, -0.2) is 13.1 Å². The molecule has 0 radical (unpaired) electrons. The zero-order chi connectivity index (χ0) is 14.2. The van der Waals surface area contributed by atoms with Crippen LogP contribution in [0.25, 0.3) is 4.98 Å². The summed E-state index contributed by atoms with van der Waals surface area (Å²) in [6.45, 7) is 6.22. The van der Waals surface area contributed by atoms with Gasteiger partial charge in [-0.25, -0.2) is 18.6 Å². The Kier molecular flexibility index (Phi) is 7.19. The van der Waals surface area contributed by atoms with Gasteiger partial charge in [-0.3, -0.25) is 0 Å². The molecule has 7 nitrogen and oxygen atoms in total. The van der Waals surface area contributed by atoms with E-state index in [-0.39, 0.29) is 0 Å². The van der Waals surface area contributed by atoms with Gasteiger partial charge in [-0.05, 0) is 26.0 Å². The van der Waals surface area contributed by atoms with E-state index in [1.54, 1.807) is 12.1 Å². The molecule has 1 aromatic rings. The van der Waals surface area contributed by atoms with Crippen molar-refractivity contribution in [3.05, 3.63) is 29.2 Å². The molecule has 0 amide bonds. The second-order valence-corrected chi connectivity index (χ2v) is 3.92. The molecule has 0 N–H and O–H groups in total. The van der Waals surface area contributed by atoms with Gasteiger partial charge in [0.2, 0.25) is 5.39 Å². The van der Waals surface area contributed by atoms with Crippen LogP contribution in [0, 0.1) is 15.6 Å². The van der Waals surface area contributed by atoms with Crippen molar-refractivity contribution in [3.63, 3.8) is 0 Å². The molecule has 1 aromatic carbocycles. The van der Waals surface area contributed by atoms with Crippen LogP contribution in [0.2, 0.25) is 0 Å². The van der Waals surface area contributed by atoms with Gasteiger partial charge in [0, 0.05) is 30.9 Å². The first kappa shape index (κ1) is 16.6. The largest absolute Gasteiger partial charge is 0.385 e. The third-order valence-corrected chi connectivity index (χ3v) is 2.09. The molecule has 0 aromatic heterocycles. The Bertz CT molecular complexity index is 376. The number of benzene rings is 1. The van der Waals surface area contributed by atoms with Gasteiger partial charge in [0.25, 0.3) is 0 Å². The number of hydrogen-bond donors (Lipinski definition) is 0. The molecule has 18 heavy (non-hydrogen) atoms. The number of nitrogens with zero attached hydrogens (tertiary/aromatic N) is 3. The SMILES string of the molecule is CCN(CC)c1ccc([N+]#N)cc1.[O-][Cl+3]([O-])([O-])[O-]. The van der Waals surface area contributed by atoms with E-state index in [4.69, 9.17) is 24.0 Å². The lowest BCUT2D eigenvalue weighted by molar-refractivity contribution is -2.00. The fourth-order valence-corrected chi connectivity index (χ4v) is 1.32. The van der Waals surface area contributed by atoms with Gasteiger partial charge < -0.3 is 4.90 Å². The smallest absolute Gasteiger partial charge is 0.372 e. The highest BCUT2D eigenvalue weighted by Crippen LogP contribution is 2.19. The molecule has 0 atom stereocenters. The van der Waals surface area contributed by atoms with Crippen LogP contribution < -0.4 is 23.5 Å². The molecule has 8 heteroatoms. The van der Waals surface area contributed by atoms with Crippen LogP contribution >= 0.6 is 0 Å². The monoisotopic (exact) mass is 275 g/mol. The second-order valence-electron chi connectivity index (χ2n) is 3.17. The van der Waals surface area contributed by atoms with Gasteiger partial charge in [0.15, 0.2) is 4.98 Å². The van der Waals surface area contributed by atoms with Crippen LogP contribution in [-0.2, 0) is 0 Å². The van der Waals surface area contributed by atoms with Crippen LogP contribution in [0.15, 0.2) is 24.3 Å². The van der Waals surface area contributed by atoms with Crippen LogP contribution in [0.4, 0.5) is 11.4 Å². The van der Waals surface area contributed by atoms with Crippen molar-refractivity contribution in [2.45, 2.75) is 13.8 Å². The van der Waals surface area contributed by atoms with Crippen LogP contribution in [0.1, 0.15) is 13.8 Å². The maximum Gasteiger partial charge on any atom is 0.385 e. The van der Waals surface area contributed by atoms with E-state index in [1.807, 2.05) is 12.1 Å². The first-order valence-corrected chi connectivity index (χ1v) is 6.37. The van der Waals surface area contributed by atoms with E-state index >= 15 is 0 Å². The lowest BCUT2D eigenvalue weighted by atomic mass is 10.2. The fourth-order valence-electron chi connectivity index (χ4n) is 1.32. The van der Waals surface area contributed by atoms with E-state index in [1.165, 1.54) is 0 Å². The molecule has 0 saturated carbocycles. The van der Waals surface area contributed by atoms with Crippen molar-refractivity contribution < 1.29 is 28.9 Å². The molecule has 0 unspecified atom stereocenters. The summed E-state index contributed by atoms with van der Waals surface area (Å²) < 4.78 is 34.0. The standard InChI is InChI=1S/C10H14N3.ClHO4/c1-3-13(4-2)10-7-5-9(12-11)6-8-10;2-1(3,4)5/h5-8H,3-4H2,1-2H3;(H,2,3,4,5)/q+1;/p-1. The zero-order valence-electron chi connectivity index (χ0n) is 10.1. The number of anilines is 1. The molecule has 0 heterocycles. The molecule has 0 aliphatic rings. The molecule has 0 aliphatic heterocycles. The van der Waals surface area contributed by atoms with Gasteiger partial charge in [0.1, 0.15) is 0 Å². The lowest BCUT2D eigenvalue weighted by Crippen LogP contribution is -2.68. The van der Waals surface area contributed by atoms with Gasteiger partial charge >= 0.3 is 5.69 Å². The van der Waals surface area contributed by atoms with Gasteiger partial charge in [-0.2, -0.15) is 0 Å². The maximum atomic E-state index is 8.49. The Balaban J connectivity index is 0.000000494. The van der Waals surface area contributed by atoms with E-state index in [0.717, 1.165) is 18.8 Å². The summed E-state index contributed by atoms with van der Waals surface area (Å²) in [5.41, 5.74) is 1.76. The summed E-state index contributed by atoms with van der Waals surface area (Å²) in [6, 6.07) is 7.52. The molecular formula is C10H14ClN3O4. The summed E-state index contributed by atoms with van der Waals surface area (Å²) >= 11 is 0. The minimum atomic E-state index is -4.94. The molecule has 0 aliphatic carbocycles. The molecular weight excluding hydrogens is 262 g/mol. The Morgan fingerprint density at radius 3 is 1.72 bits per heavy atom. The van der Waals surface area contributed by atoms with Crippen molar-refractivity contribution in [3.8, 4) is 0 Å². The summed E-state index contributed by atoms with van der Waals surface area (Å²) in [5, 5.41) is 8.49. The average Bonchev–Trinajstić information content (AvgIpc) is 2.29. The minimum absolute atomic E-state index is 0.593. The van der Waals surface area contributed by atoms with Crippen molar-refractivity contribution in [1.82, 2.24) is 0 Å². The topological polar surface area (TPSA) is 124 Å². The Morgan fingerprint density at radius 1 is 1.06 bits per heavy atom. The molecule has 0 saturated heterocycles. The summed E-state index contributed by atoms with van der Waals surface area (Å²) in [4.78, 5) is 5.34. The van der Waals surface area contributed by atoms with Crippen LogP contribution in [0.3, 0.4) is 0 Å². The molecule has 100 valence electrons. The summed E-state index contributed by atoms with van der Waals surface area (Å²) in [7, 11) is -4.94. The molecule has 0 bridgehead atoms. The molecule has 0 fully saturated rings. The summed E-state index contributed by atoms with van der Waals surface area (Å²) in [6.07, 6.45) is 0. The minimum Gasteiger partial charge on any atom is -0.372 e. The number of halogens is 1. The van der Waals surface area contributed by atoms with Crippen molar-refractivity contribution >= 4 is 11.4 Å². The first-order valence-electron chi connectivity index (χ1n) is 5.13. The summed E-state index contributed by atoms with van der Waals surface area (Å²) in [5.74, 6) is 0. The lowest BCUT2D eigenvalue weighted by Gasteiger charge is -2.20. The Hall–Kier alpha value is -1.43. The quantitative estimate of drug-likeness (QED) is 0.603. The van der Waals surface area contributed by atoms with Gasteiger partial charge in [-0.15, -0.1) is 10.2 Å². The highest BCUT2D eigenvalue weighted by Gasteiger charge is 2.05. The van der Waals surface area contributed by atoms with Crippen molar-refractivity contribution in [2.24, 2.45) is 0 Å². The van der Waals surface area contributed by atoms with Crippen molar-refractivity contribution in [2.75, 3.05) is 18.0 Å². The third-order valence-electron chi connectivity index (χ3n) is 2.09. The zero-order valence-corrected chi connectivity index (χ0v) is 10.8. The second kappa shape index (κ2) is 7.81. The van der Waals surface area contributed by atoms with Crippen molar-refractivity contribution in [1.29, 1.82) is 5.39 Å². The number of rotatable bonds is 3. The van der Waals surface area contributed by atoms with E-state index in [0.29, 0.717) is 5.69 Å². The highest BCUT2D eigenvalue weighted by molar-refractivity contribution is 5.55. The maximum absolute atomic E-state index is 8.49. The fraction of sp³-hybridized carbons (Fsp3) is 0.400. The van der Waals surface area contributed by atoms with Crippen LogP contribution in [0.5, 0.6) is 0 Å². The van der Waals surface area contributed by atoms with Gasteiger partial charge in [0.05, 0.1) is 0 Å². The van der Waals surface area contributed by atoms with E-state index in [9.17, 15) is 0 Å². The average molecular weight is 276 g/mol. The third kappa shape index (κ3) is 7.78. The predicted octanol–water partition coefficient (Wildman–Crippen LogP) is -1.74. The first-order chi connectivity index (χ1) is 8.31. The Labute approximate surface area is 107 Å². The molecule has 1 rings (SSSR count). The highest BCUT2D eigenvalue weighted by atomic mass is 35.7. The predicted molar refractivity (Wildman–Crippen MR) is 54.7 cm³/mol. The van der Waals surface area contributed by atoms with E-state index in [2.05, 4.69) is 23.7 Å². The van der Waals surface area contributed by atoms with E-state index < -0.39 is 10.2 Å². The van der Waals surface area contributed by atoms with Gasteiger partial charge in [-0.1, -0.05) is 0 Å². The molecule has 0 spiro atoms. The Morgan fingerprint density at radius 2 is 1.44 bits per heavy atom. The number of diazo groups is 1. The normalized spacial score (nSPS) is 10.1.